The number of anilines is 1. The number of benzene rings is 1. The molecule has 20 heavy (non-hydrogen) atoms. The standard InChI is InChI=1S/C16H24N2O2/c1-11(15(19)18-12-8-6-5-7-9-12)17-13-10-14(20-4)16(13,2)3/h5-9,11,13-14,17H,10H2,1-4H3,(H,18,19). The molecule has 1 aromatic rings. The van der Waals surface area contributed by atoms with E-state index in [1.807, 2.05) is 37.3 Å². The Labute approximate surface area is 120 Å². The Morgan fingerprint density at radius 3 is 2.55 bits per heavy atom. The Hall–Kier alpha value is -1.39. The summed E-state index contributed by atoms with van der Waals surface area (Å²) < 4.78 is 5.43. The quantitative estimate of drug-likeness (QED) is 0.868. The van der Waals surface area contributed by atoms with Gasteiger partial charge in [0.1, 0.15) is 0 Å². The summed E-state index contributed by atoms with van der Waals surface area (Å²) in [6.45, 7) is 6.24. The molecule has 1 amide bonds. The predicted octanol–water partition coefficient (Wildman–Crippen LogP) is 2.42. The van der Waals surface area contributed by atoms with Gasteiger partial charge < -0.3 is 15.4 Å². The number of carbonyl (C=O) groups excluding carboxylic acids is 1. The SMILES string of the molecule is COC1CC(NC(C)C(=O)Nc2ccccc2)C1(C)C. The normalized spacial score (nSPS) is 25.6. The van der Waals surface area contributed by atoms with Crippen molar-refractivity contribution in [2.75, 3.05) is 12.4 Å². The van der Waals surface area contributed by atoms with Crippen molar-refractivity contribution in [2.24, 2.45) is 5.41 Å². The molecule has 0 bridgehead atoms. The first kappa shape index (κ1) is 15.0. The Kier molecular flexibility index (Phi) is 4.45. The summed E-state index contributed by atoms with van der Waals surface area (Å²) in [4.78, 5) is 12.1. The van der Waals surface area contributed by atoms with Crippen LogP contribution in [0.3, 0.4) is 0 Å². The number of hydrogen-bond acceptors (Lipinski definition) is 3. The third-order valence-electron chi connectivity index (χ3n) is 4.35. The van der Waals surface area contributed by atoms with Gasteiger partial charge in [-0.3, -0.25) is 4.79 Å². The molecule has 4 heteroatoms. The van der Waals surface area contributed by atoms with Crippen molar-refractivity contribution in [1.29, 1.82) is 0 Å². The lowest BCUT2D eigenvalue weighted by Gasteiger charge is -2.52. The highest BCUT2D eigenvalue weighted by Crippen LogP contribution is 2.42. The Balaban J connectivity index is 1.86. The van der Waals surface area contributed by atoms with E-state index in [2.05, 4.69) is 24.5 Å². The lowest BCUT2D eigenvalue weighted by Crippen LogP contribution is -2.63. The molecule has 0 aromatic heterocycles. The highest BCUT2D eigenvalue weighted by atomic mass is 16.5. The first-order valence-corrected chi connectivity index (χ1v) is 7.10. The third-order valence-corrected chi connectivity index (χ3v) is 4.35. The summed E-state index contributed by atoms with van der Waals surface area (Å²) in [5.41, 5.74) is 0.893. The molecule has 1 aliphatic rings. The molecule has 3 atom stereocenters. The molecular weight excluding hydrogens is 252 g/mol. The maximum absolute atomic E-state index is 12.1. The first-order chi connectivity index (χ1) is 9.45. The highest BCUT2D eigenvalue weighted by Gasteiger charge is 2.49. The van der Waals surface area contributed by atoms with Gasteiger partial charge >= 0.3 is 0 Å². The van der Waals surface area contributed by atoms with Crippen LogP contribution in [0.15, 0.2) is 30.3 Å². The van der Waals surface area contributed by atoms with Gasteiger partial charge in [0.25, 0.3) is 0 Å². The second-order valence-corrected chi connectivity index (χ2v) is 6.08. The minimum Gasteiger partial charge on any atom is -0.381 e. The Morgan fingerprint density at radius 1 is 1.35 bits per heavy atom. The predicted molar refractivity (Wildman–Crippen MR) is 80.7 cm³/mol. The summed E-state index contributed by atoms with van der Waals surface area (Å²) in [6, 6.07) is 9.61. The van der Waals surface area contributed by atoms with Crippen LogP contribution in [0.5, 0.6) is 0 Å². The molecular formula is C16H24N2O2. The van der Waals surface area contributed by atoms with Crippen LogP contribution in [-0.2, 0) is 9.53 Å². The lowest BCUT2D eigenvalue weighted by molar-refractivity contribution is -0.122. The minimum atomic E-state index is -0.225. The molecule has 0 radical (unpaired) electrons. The van der Waals surface area contributed by atoms with E-state index in [-0.39, 0.29) is 23.5 Å². The molecule has 0 spiro atoms. The third kappa shape index (κ3) is 3.02. The van der Waals surface area contributed by atoms with Gasteiger partial charge in [-0.1, -0.05) is 32.0 Å². The molecule has 1 aliphatic carbocycles. The van der Waals surface area contributed by atoms with Gasteiger partial charge in [-0.05, 0) is 25.5 Å². The summed E-state index contributed by atoms with van der Waals surface area (Å²) in [6.07, 6.45) is 1.22. The van der Waals surface area contributed by atoms with Crippen molar-refractivity contribution in [3.8, 4) is 0 Å². The van der Waals surface area contributed by atoms with Gasteiger partial charge in [0, 0.05) is 24.3 Å². The summed E-state index contributed by atoms with van der Waals surface area (Å²) >= 11 is 0. The van der Waals surface area contributed by atoms with Gasteiger partial charge in [0.05, 0.1) is 12.1 Å². The van der Waals surface area contributed by atoms with E-state index in [1.54, 1.807) is 7.11 Å². The number of ether oxygens (including phenoxy) is 1. The maximum Gasteiger partial charge on any atom is 0.241 e. The summed E-state index contributed by atoms with van der Waals surface area (Å²) in [5, 5.41) is 6.31. The van der Waals surface area contributed by atoms with E-state index in [0.717, 1.165) is 12.1 Å². The van der Waals surface area contributed by atoms with Gasteiger partial charge in [0.15, 0.2) is 0 Å². The smallest absolute Gasteiger partial charge is 0.241 e. The van der Waals surface area contributed by atoms with Crippen molar-refractivity contribution in [1.82, 2.24) is 5.32 Å². The van der Waals surface area contributed by atoms with Crippen LogP contribution in [0.2, 0.25) is 0 Å². The molecule has 4 nitrogen and oxygen atoms in total. The van der Waals surface area contributed by atoms with Crippen LogP contribution in [0.25, 0.3) is 0 Å². The molecule has 110 valence electrons. The van der Waals surface area contributed by atoms with E-state index < -0.39 is 0 Å². The number of nitrogens with one attached hydrogen (secondary N) is 2. The van der Waals surface area contributed by atoms with Crippen LogP contribution in [0.4, 0.5) is 5.69 Å². The Bertz CT molecular complexity index is 459. The van der Waals surface area contributed by atoms with E-state index >= 15 is 0 Å². The fraction of sp³-hybridized carbons (Fsp3) is 0.562. The molecule has 3 unspecified atom stereocenters. The number of rotatable bonds is 5. The molecule has 0 saturated heterocycles. The zero-order valence-corrected chi connectivity index (χ0v) is 12.6. The molecule has 1 saturated carbocycles. The van der Waals surface area contributed by atoms with Crippen LogP contribution in [0.1, 0.15) is 27.2 Å². The zero-order chi connectivity index (χ0) is 14.8. The van der Waals surface area contributed by atoms with Crippen molar-refractivity contribution in [3.63, 3.8) is 0 Å². The molecule has 1 fully saturated rings. The number of amides is 1. The zero-order valence-electron chi connectivity index (χ0n) is 12.6. The molecule has 2 rings (SSSR count). The minimum absolute atomic E-state index is 0.00660. The molecule has 2 N–H and O–H groups in total. The monoisotopic (exact) mass is 276 g/mol. The van der Waals surface area contributed by atoms with Gasteiger partial charge in [-0.25, -0.2) is 0 Å². The lowest BCUT2D eigenvalue weighted by atomic mass is 9.64. The maximum atomic E-state index is 12.1. The highest BCUT2D eigenvalue weighted by molar-refractivity contribution is 5.94. The van der Waals surface area contributed by atoms with E-state index in [9.17, 15) is 4.79 Å². The van der Waals surface area contributed by atoms with E-state index in [1.165, 1.54) is 0 Å². The van der Waals surface area contributed by atoms with Crippen molar-refractivity contribution < 1.29 is 9.53 Å². The molecule has 0 heterocycles. The summed E-state index contributed by atoms with van der Waals surface area (Å²) in [7, 11) is 1.74. The summed E-state index contributed by atoms with van der Waals surface area (Å²) in [5.74, 6) is -0.00660. The van der Waals surface area contributed by atoms with Crippen LogP contribution < -0.4 is 10.6 Å². The molecule has 1 aromatic carbocycles. The van der Waals surface area contributed by atoms with Crippen LogP contribution >= 0.6 is 0 Å². The average Bonchev–Trinajstić information content (AvgIpc) is 2.43. The number of hydrogen-bond donors (Lipinski definition) is 2. The van der Waals surface area contributed by atoms with Gasteiger partial charge in [-0.2, -0.15) is 0 Å². The molecule has 0 aliphatic heterocycles. The van der Waals surface area contributed by atoms with E-state index in [4.69, 9.17) is 4.74 Å². The largest absolute Gasteiger partial charge is 0.381 e. The van der Waals surface area contributed by atoms with Crippen LogP contribution in [0, 0.1) is 5.41 Å². The van der Waals surface area contributed by atoms with Crippen LogP contribution in [-0.4, -0.2) is 31.2 Å². The second-order valence-electron chi connectivity index (χ2n) is 6.08. The van der Waals surface area contributed by atoms with E-state index in [0.29, 0.717) is 6.04 Å². The topological polar surface area (TPSA) is 50.4 Å². The number of carbonyl (C=O) groups is 1. The van der Waals surface area contributed by atoms with Gasteiger partial charge in [0.2, 0.25) is 5.91 Å². The first-order valence-electron chi connectivity index (χ1n) is 7.10. The fourth-order valence-corrected chi connectivity index (χ4v) is 2.72. The fourth-order valence-electron chi connectivity index (χ4n) is 2.72. The van der Waals surface area contributed by atoms with Crippen molar-refractivity contribution >= 4 is 11.6 Å². The van der Waals surface area contributed by atoms with Crippen molar-refractivity contribution in [3.05, 3.63) is 30.3 Å². The van der Waals surface area contributed by atoms with Crippen molar-refractivity contribution in [2.45, 2.75) is 45.4 Å². The average molecular weight is 276 g/mol. The number of para-hydroxylation sites is 1. The number of methoxy groups -OCH3 is 1. The van der Waals surface area contributed by atoms with Gasteiger partial charge in [-0.15, -0.1) is 0 Å². The second kappa shape index (κ2) is 5.94. The Morgan fingerprint density at radius 2 is 2.00 bits per heavy atom.